The van der Waals surface area contributed by atoms with Crippen molar-refractivity contribution in [3.05, 3.63) is 5.82 Å². The zero-order chi connectivity index (χ0) is 16.7. The summed E-state index contributed by atoms with van der Waals surface area (Å²) in [5.74, 6) is 1.72. The Bertz CT molecular complexity index is 503. The van der Waals surface area contributed by atoms with Gasteiger partial charge in [-0.15, -0.1) is 22.6 Å². The average Bonchev–Trinajstić information content (AvgIpc) is 2.93. The van der Waals surface area contributed by atoms with E-state index in [-0.39, 0.29) is 24.4 Å². The Morgan fingerprint density at radius 1 is 1.42 bits per heavy atom. The van der Waals surface area contributed by atoms with Crippen LogP contribution in [0.25, 0.3) is 0 Å². The second-order valence-electron chi connectivity index (χ2n) is 6.50. The predicted octanol–water partition coefficient (Wildman–Crippen LogP) is 2.27. The lowest BCUT2D eigenvalue weighted by atomic mass is 10.0. The second-order valence-corrected chi connectivity index (χ2v) is 7.28. The topological polar surface area (TPSA) is 71.8 Å². The highest BCUT2D eigenvalue weighted by molar-refractivity contribution is 7.98. The van der Waals surface area contributed by atoms with E-state index in [9.17, 15) is 4.79 Å². The molecule has 8 heteroatoms. The molecule has 1 aliphatic rings. The number of nitrogens with zero attached hydrogens (tertiary/aromatic N) is 3. The first kappa shape index (κ1) is 21.3. The van der Waals surface area contributed by atoms with Gasteiger partial charge in [-0.2, -0.15) is 0 Å². The SMILES string of the molecule is CSc1nnc(CCCNC(=O)C2CCCCN2)n1CC(C)C.Cl. The Morgan fingerprint density at radius 2 is 2.21 bits per heavy atom. The summed E-state index contributed by atoms with van der Waals surface area (Å²) in [6.45, 7) is 6.99. The Morgan fingerprint density at radius 3 is 2.83 bits per heavy atom. The van der Waals surface area contributed by atoms with Crippen molar-refractivity contribution in [2.24, 2.45) is 5.92 Å². The number of halogens is 1. The number of carbonyl (C=O) groups is 1. The van der Waals surface area contributed by atoms with Crippen LogP contribution < -0.4 is 10.6 Å². The van der Waals surface area contributed by atoms with Gasteiger partial charge in [0.05, 0.1) is 6.04 Å². The van der Waals surface area contributed by atoms with Crippen molar-refractivity contribution in [3.8, 4) is 0 Å². The number of hydrogen-bond donors (Lipinski definition) is 2. The minimum Gasteiger partial charge on any atom is -0.355 e. The van der Waals surface area contributed by atoms with Crippen LogP contribution in [0, 0.1) is 5.92 Å². The lowest BCUT2D eigenvalue weighted by Gasteiger charge is -2.22. The highest BCUT2D eigenvalue weighted by atomic mass is 35.5. The van der Waals surface area contributed by atoms with Gasteiger partial charge >= 0.3 is 0 Å². The van der Waals surface area contributed by atoms with Gasteiger partial charge in [0.1, 0.15) is 5.82 Å². The van der Waals surface area contributed by atoms with Gasteiger partial charge in [-0.25, -0.2) is 0 Å². The summed E-state index contributed by atoms with van der Waals surface area (Å²) in [6.07, 6.45) is 7.03. The van der Waals surface area contributed by atoms with Crippen LogP contribution in [0.5, 0.6) is 0 Å². The number of rotatable bonds is 8. The quantitative estimate of drug-likeness (QED) is 0.538. The van der Waals surface area contributed by atoms with Crippen molar-refractivity contribution in [1.29, 1.82) is 0 Å². The van der Waals surface area contributed by atoms with E-state index >= 15 is 0 Å². The van der Waals surface area contributed by atoms with Crippen LogP contribution in [0.2, 0.25) is 0 Å². The first-order chi connectivity index (χ1) is 11.1. The van der Waals surface area contributed by atoms with Gasteiger partial charge in [0.25, 0.3) is 0 Å². The maximum atomic E-state index is 12.1. The monoisotopic (exact) mass is 375 g/mol. The molecule has 0 bridgehead atoms. The Hall–Kier alpha value is -0.790. The fourth-order valence-corrected chi connectivity index (χ4v) is 3.38. The van der Waals surface area contributed by atoms with Gasteiger partial charge in [-0.3, -0.25) is 4.79 Å². The number of carbonyl (C=O) groups excluding carboxylic acids is 1. The van der Waals surface area contributed by atoms with E-state index in [1.54, 1.807) is 11.8 Å². The summed E-state index contributed by atoms with van der Waals surface area (Å²) in [4.78, 5) is 12.1. The summed E-state index contributed by atoms with van der Waals surface area (Å²) in [6, 6.07) is -0.00330. The summed E-state index contributed by atoms with van der Waals surface area (Å²) in [5.41, 5.74) is 0. The molecule has 0 saturated carbocycles. The van der Waals surface area contributed by atoms with Crippen molar-refractivity contribution in [1.82, 2.24) is 25.4 Å². The third-order valence-corrected chi connectivity index (χ3v) is 4.69. The highest BCUT2D eigenvalue weighted by Crippen LogP contribution is 2.16. The molecule has 1 fully saturated rings. The van der Waals surface area contributed by atoms with E-state index in [1.807, 2.05) is 6.26 Å². The van der Waals surface area contributed by atoms with Crippen LogP contribution in [0.1, 0.15) is 45.4 Å². The molecule has 1 aliphatic heterocycles. The number of piperidine rings is 1. The highest BCUT2D eigenvalue weighted by Gasteiger charge is 2.19. The number of aromatic nitrogens is 3. The Balaban J connectivity index is 0.00000288. The van der Waals surface area contributed by atoms with E-state index in [2.05, 4.69) is 39.2 Å². The standard InChI is InChI=1S/C16H29N5OS.ClH/c1-12(2)11-21-14(19-20-16(21)23-3)8-6-10-18-15(22)13-7-4-5-9-17-13;/h12-13,17H,4-11H2,1-3H3,(H,18,22);1H. The van der Waals surface area contributed by atoms with Gasteiger partial charge in [-0.1, -0.05) is 32.0 Å². The number of nitrogens with one attached hydrogen (secondary N) is 2. The molecule has 1 amide bonds. The molecule has 0 aromatic carbocycles. The number of hydrogen-bond acceptors (Lipinski definition) is 5. The number of aryl methyl sites for hydroxylation is 1. The maximum Gasteiger partial charge on any atom is 0.237 e. The van der Waals surface area contributed by atoms with Gasteiger partial charge in [0.2, 0.25) is 5.91 Å². The Labute approximate surface area is 155 Å². The first-order valence-corrected chi connectivity index (χ1v) is 9.81. The average molecular weight is 376 g/mol. The van der Waals surface area contributed by atoms with Crippen molar-refractivity contribution >= 4 is 30.1 Å². The van der Waals surface area contributed by atoms with Crippen molar-refractivity contribution in [3.63, 3.8) is 0 Å². The first-order valence-electron chi connectivity index (χ1n) is 8.59. The molecule has 6 nitrogen and oxygen atoms in total. The zero-order valence-electron chi connectivity index (χ0n) is 14.9. The molecule has 1 aromatic heterocycles. The normalized spacial score (nSPS) is 17.6. The third kappa shape index (κ3) is 6.26. The van der Waals surface area contributed by atoms with Crippen LogP contribution in [0.4, 0.5) is 0 Å². The third-order valence-electron chi connectivity index (χ3n) is 4.03. The number of thioether (sulfide) groups is 1. The fraction of sp³-hybridized carbons (Fsp3) is 0.812. The minimum atomic E-state index is -0.00330. The summed E-state index contributed by atoms with van der Waals surface area (Å²) >= 11 is 1.63. The molecule has 1 unspecified atom stereocenters. The van der Waals surface area contributed by atoms with Crippen LogP contribution in [0.3, 0.4) is 0 Å². The molecule has 24 heavy (non-hydrogen) atoms. The van der Waals surface area contributed by atoms with E-state index < -0.39 is 0 Å². The molecule has 2 rings (SSSR count). The van der Waals surface area contributed by atoms with Crippen molar-refractivity contribution < 1.29 is 4.79 Å². The summed E-state index contributed by atoms with van der Waals surface area (Å²) < 4.78 is 2.21. The van der Waals surface area contributed by atoms with Gasteiger partial charge in [-0.05, 0) is 38.0 Å². The van der Waals surface area contributed by atoms with E-state index in [0.29, 0.717) is 12.5 Å². The van der Waals surface area contributed by atoms with E-state index in [4.69, 9.17) is 0 Å². The predicted molar refractivity (Wildman–Crippen MR) is 101 cm³/mol. The molecule has 1 atom stereocenters. The minimum absolute atomic E-state index is 0. The smallest absolute Gasteiger partial charge is 0.237 e. The van der Waals surface area contributed by atoms with Gasteiger partial charge < -0.3 is 15.2 Å². The maximum absolute atomic E-state index is 12.1. The van der Waals surface area contributed by atoms with Crippen LogP contribution in [-0.2, 0) is 17.8 Å². The molecular formula is C16H30ClN5OS. The molecule has 0 spiro atoms. The van der Waals surface area contributed by atoms with Crippen LogP contribution in [0.15, 0.2) is 5.16 Å². The molecule has 2 N–H and O–H groups in total. The molecule has 0 aliphatic carbocycles. The zero-order valence-corrected chi connectivity index (χ0v) is 16.5. The van der Waals surface area contributed by atoms with E-state index in [0.717, 1.165) is 49.8 Å². The largest absolute Gasteiger partial charge is 0.355 e. The molecule has 2 heterocycles. The molecule has 1 aromatic rings. The molecular weight excluding hydrogens is 346 g/mol. The fourth-order valence-electron chi connectivity index (χ4n) is 2.86. The lowest BCUT2D eigenvalue weighted by Crippen LogP contribution is -2.46. The van der Waals surface area contributed by atoms with Crippen molar-refractivity contribution in [2.75, 3.05) is 19.3 Å². The number of amides is 1. The Kier molecular flexibility index (Phi) is 9.69. The van der Waals surface area contributed by atoms with Gasteiger partial charge in [0.15, 0.2) is 5.16 Å². The van der Waals surface area contributed by atoms with Crippen molar-refractivity contribution in [2.45, 2.75) is 63.7 Å². The summed E-state index contributed by atoms with van der Waals surface area (Å²) in [5, 5.41) is 15.9. The lowest BCUT2D eigenvalue weighted by molar-refractivity contribution is -0.123. The molecule has 1 saturated heterocycles. The summed E-state index contributed by atoms with van der Waals surface area (Å²) in [7, 11) is 0. The van der Waals surface area contributed by atoms with E-state index in [1.165, 1.54) is 6.42 Å². The van der Waals surface area contributed by atoms with Gasteiger partial charge in [0, 0.05) is 19.5 Å². The molecule has 138 valence electrons. The van der Waals surface area contributed by atoms with Crippen LogP contribution in [-0.4, -0.2) is 46.1 Å². The van der Waals surface area contributed by atoms with Crippen LogP contribution >= 0.6 is 24.2 Å². The molecule has 0 radical (unpaired) electrons. The second kappa shape index (κ2) is 10.9.